The van der Waals surface area contributed by atoms with E-state index < -0.39 is 12.1 Å². The van der Waals surface area contributed by atoms with Crippen molar-refractivity contribution in [3.05, 3.63) is 41.6 Å². The first kappa shape index (κ1) is 22.0. The van der Waals surface area contributed by atoms with E-state index in [9.17, 15) is 13.2 Å². The van der Waals surface area contributed by atoms with Gasteiger partial charge in [-0.2, -0.15) is 18.3 Å². The number of aromatic nitrogens is 4. The van der Waals surface area contributed by atoms with Gasteiger partial charge in [0.05, 0.1) is 17.9 Å². The lowest BCUT2D eigenvalue weighted by molar-refractivity contribution is -0.192. The summed E-state index contributed by atoms with van der Waals surface area (Å²) in [6.45, 7) is 6.26. The third-order valence-electron chi connectivity index (χ3n) is 4.64. The van der Waals surface area contributed by atoms with Crippen LogP contribution in [-0.2, 0) is 4.79 Å². The predicted octanol–water partition coefficient (Wildman–Crippen LogP) is 4.05. The van der Waals surface area contributed by atoms with Crippen LogP contribution >= 0.6 is 11.6 Å². The molecule has 30 heavy (non-hydrogen) atoms. The number of carboxylic acid groups (broad SMARTS) is 1. The summed E-state index contributed by atoms with van der Waals surface area (Å²) in [6, 6.07) is 2.37. The summed E-state index contributed by atoms with van der Waals surface area (Å²) in [7, 11) is 0. The quantitative estimate of drug-likeness (QED) is 0.596. The molecule has 0 unspecified atom stereocenters. The molecule has 0 aliphatic carbocycles. The molecular formula is C19H19ClF3N5O2. The van der Waals surface area contributed by atoms with E-state index in [1.54, 1.807) is 0 Å². The Morgan fingerprint density at radius 1 is 1.23 bits per heavy atom. The number of carboxylic acids is 1. The molecule has 1 saturated heterocycles. The SMILES string of the molecule is CC(C)c1cnc(-c2cnn(C3CNC3)c2)c2cnc(Cl)cc12.O=C(O)C(F)(F)F. The van der Waals surface area contributed by atoms with E-state index >= 15 is 0 Å². The molecule has 3 aromatic rings. The largest absolute Gasteiger partial charge is 0.490 e. The molecule has 1 fully saturated rings. The van der Waals surface area contributed by atoms with Gasteiger partial charge in [0.1, 0.15) is 5.15 Å². The van der Waals surface area contributed by atoms with Crippen LogP contribution in [0.25, 0.3) is 22.0 Å². The lowest BCUT2D eigenvalue weighted by Gasteiger charge is -2.27. The number of fused-ring (bicyclic) bond motifs is 1. The number of aliphatic carboxylic acids is 1. The first-order valence-electron chi connectivity index (χ1n) is 9.07. The highest BCUT2D eigenvalue weighted by molar-refractivity contribution is 6.30. The molecule has 1 aliphatic rings. The molecule has 1 aliphatic heterocycles. The minimum absolute atomic E-state index is 0.376. The molecule has 4 heterocycles. The van der Waals surface area contributed by atoms with Crippen molar-refractivity contribution in [2.45, 2.75) is 32.0 Å². The molecule has 0 amide bonds. The van der Waals surface area contributed by atoms with Gasteiger partial charge in [-0.1, -0.05) is 25.4 Å². The van der Waals surface area contributed by atoms with Crippen LogP contribution in [0.3, 0.4) is 0 Å². The van der Waals surface area contributed by atoms with E-state index in [1.165, 1.54) is 5.56 Å². The van der Waals surface area contributed by atoms with Gasteiger partial charge >= 0.3 is 12.1 Å². The zero-order valence-corrected chi connectivity index (χ0v) is 16.9. The lowest BCUT2D eigenvalue weighted by Crippen LogP contribution is -2.43. The van der Waals surface area contributed by atoms with Gasteiger partial charge in [-0.3, -0.25) is 9.67 Å². The highest BCUT2D eigenvalue weighted by atomic mass is 35.5. The second-order valence-electron chi connectivity index (χ2n) is 7.09. The molecule has 0 atom stereocenters. The lowest BCUT2D eigenvalue weighted by atomic mass is 9.97. The molecular weight excluding hydrogens is 423 g/mol. The Morgan fingerprint density at radius 2 is 1.90 bits per heavy atom. The second-order valence-corrected chi connectivity index (χ2v) is 7.48. The van der Waals surface area contributed by atoms with Gasteiger partial charge in [0, 0.05) is 42.6 Å². The summed E-state index contributed by atoms with van der Waals surface area (Å²) in [5, 5.41) is 17.5. The number of pyridine rings is 2. The van der Waals surface area contributed by atoms with Crippen molar-refractivity contribution in [3.8, 4) is 11.3 Å². The van der Waals surface area contributed by atoms with Crippen LogP contribution in [-0.4, -0.2) is 50.1 Å². The predicted molar refractivity (Wildman–Crippen MR) is 105 cm³/mol. The third-order valence-corrected chi connectivity index (χ3v) is 4.85. The zero-order chi connectivity index (χ0) is 22.1. The Bertz CT molecular complexity index is 1060. The van der Waals surface area contributed by atoms with E-state index in [-0.39, 0.29) is 0 Å². The third kappa shape index (κ3) is 4.71. The molecule has 0 spiro atoms. The summed E-state index contributed by atoms with van der Waals surface area (Å²) in [5.74, 6) is -2.38. The van der Waals surface area contributed by atoms with Gasteiger partial charge in [0.15, 0.2) is 0 Å². The smallest absolute Gasteiger partial charge is 0.475 e. The number of alkyl halides is 3. The number of carbonyl (C=O) groups is 1. The van der Waals surface area contributed by atoms with Crippen LogP contribution in [0.1, 0.15) is 31.4 Å². The molecule has 2 N–H and O–H groups in total. The van der Waals surface area contributed by atoms with Crippen molar-refractivity contribution < 1.29 is 23.1 Å². The summed E-state index contributed by atoms with van der Waals surface area (Å²) in [4.78, 5) is 17.8. The van der Waals surface area contributed by atoms with Crippen LogP contribution in [0.2, 0.25) is 5.15 Å². The fourth-order valence-electron chi connectivity index (χ4n) is 2.94. The summed E-state index contributed by atoms with van der Waals surface area (Å²) < 4.78 is 33.7. The molecule has 0 aromatic carbocycles. The van der Waals surface area contributed by atoms with Crippen molar-refractivity contribution in [3.63, 3.8) is 0 Å². The maximum absolute atomic E-state index is 10.6. The minimum atomic E-state index is -5.08. The van der Waals surface area contributed by atoms with Crippen LogP contribution in [0, 0.1) is 0 Å². The topological polar surface area (TPSA) is 92.9 Å². The Balaban J connectivity index is 0.000000318. The van der Waals surface area contributed by atoms with E-state index in [0.717, 1.165) is 35.1 Å². The number of hydrogen-bond donors (Lipinski definition) is 2. The van der Waals surface area contributed by atoms with Crippen molar-refractivity contribution in [1.29, 1.82) is 0 Å². The van der Waals surface area contributed by atoms with Crippen LogP contribution in [0.4, 0.5) is 13.2 Å². The minimum Gasteiger partial charge on any atom is -0.475 e. The maximum Gasteiger partial charge on any atom is 0.490 e. The van der Waals surface area contributed by atoms with Crippen LogP contribution in [0.5, 0.6) is 0 Å². The average molecular weight is 442 g/mol. The van der Waals surface area contributed by atoms with Crippen molar-refractivity contribution >= 4 is 28.3 Å². The normalized spacial score (nSPS) is 14.4. The van der Waals surface area contributed by atoms with Crippen LogP contribution in [0.15, 0.2) is 30.9 Å². The first-order chi connectivity index (χ1) is 14.1. The van der Waals surface area contributed by atoms with Crippen molar-refractivity contribution in [2.24, 2.45) is 0 Å². The fourth-order valence-corrected chi connectivity index (χ4v) is 3.10. The first-order valence-corrected chi connectivity index (χ1v) is 9.45. The van der Waals surface area contributed by atoms with Gasteiger partial charge in [0.2, 0.25) is 0 Å². The van der Waals surface area contributed by atoms with Crippen molar-refractivity contribution in [1.82, 2.24) is 25.1 Å². The van der Waals surface area contributed by atoms with E-state index in [4.69, 9.17) is 26.5 Å². The standard InChI is InChI=1S/C17H18ClN5.C2HF3O2/c1-10(2)14-7-21-17(15-8-20-16(18)3-13(14)15)11-4-22-23(9-11)12-5-19-6-12;3-2(4,5)1(6)7/h3-4,7-10,12,19H,5-6H2,1-2H3;(H,6,7). The summed E-state index contributed by atoms with van der Waals surface area (Å²) in [6.07, 6.45) is 2.62. The second kappa shape index (κ2) is 8.57. The molecule has 11 heteroatoms. The van der Waals surface area contributed by atoms with Crippen molar-refractivity contribution in [2.75, 3.05) is 13.1 Å². The molecule has 160 valence electrons. The monoisotopic (exact) mass is 441 g/mol. The summed E-state index contributed by atoms with van der Waals surface area (Å²) >= 11 is 6.11. The van der Waals surface area contributed by atoms with Crippen LogP contribution < -0.4 is 5.32 Å². The highest BCUT2D eigenvalue weighted by Gasteiger charge is 2.38. The highest BCUT2D eigenvalue weighted by Crippen LogP contribution is 2.32. The van der Waals surface area contributed by atoms with Gasteiger partial charge in [-0.25, -0.2) is 9.78 Å². The van der Waals surface area contributed by atoms with Gasteiger partial charge in [-0.05, 0) is 22.9 Å². The average Bonchev–Trinajstić information content (AvgIpc) is 3.07. The fraction of sp³-hybridized carbons (Fsp3) is 0.368. The molecule has 7 nitrogen and oxygen atoms in total. The Hall–Kier alpha value is -2.72. The Kier molecular flexibility index (Phi) is 6.27. The number of halogens is 4. The number of nitrogens with one attached hydrogen (secondary N) is 1. The molecule has 0 saturated carbocycles. The zero-order valence-electron chi connectivity index (χ0n) is 16.1. The number of nitrogens with zero attached hydrogens (tertiary/aromatic N) is 4. The summed E-state index contributed by atoms with van der Waals surface area (Å²) in [5.41, 5.74) is 3.11. The maximum atomic E-state index is 10.6. The van der Waals surface area contributed by atoms with E-state index in [2.05, 4.69) is 35.4 Å². The molecule has 0 bridgehead atoms. The number of hydrogen-bond acceptors (Lipinski definition) is 5. The van der Waals surface area contributed by atoms with E-state index in [0.29, 0.717) is 17.1 Å². The molecule has 4 rings (SSSR count). The number of rotatable bonds is 3. The van der Waals surface area contributed by atoms with E-state index in [1.807, 2.05) is 29.3 Å². The Labute approximate surface area is 174 Å². The van der Waals surface area contributed by atoms with Gasteiger partial charge in [0.25, 0.3) is 0 Å². The molecule has 0 radical (unpaired) electrons. The molecule has 3 aromatic heterocycles. The Morgan fingerprint density at radius 3 is 2.43 bits per heavy atom. The van der Waals surface area contributed by atoms with Gasteiger partial charge < -0.3 is 10.4 Å². The van der Waals surface area contributed by atoms with Gasteiger partial charge in [-0.15, -0.1) is 0 Å².